The molecule has 2 rings (SSSR count). The topological polar surface area (TPSA) is 29.9 Å². The number of benzene rings is 1. The summed E-state index contributed by atoms with van der Waals surface area (Å²) in [6.45, 7) is 7.09. The van der Waals surface area contributed by atoms with Gasteiger partial charge in [0, 0.05) is 24.8 Å². The van der Waals surface area contributed by atoms with Crippen LogP contribution in [0.25, 0.3) is 0 Å². The lowest BCUT2D eigenvalue weighted by Crippen LogP contribution is -2.18. The van der Waals surface area contributed by atoms with Gasteiger partial charge in [-0.3, -0.25) is 4.68 Å². The van der Waals surface area contributed by atoms with Crippen molar-refractivity contribution in [3.63, 3.8) is 0 Å². The Kier molecular flexibility index (Phi) is 4.90. The van der Waals surface area contributed by atoms with Crippen LogP contribution in [0.5, 0.6) is 0 Å². The molecule has 0 aliphatic heterocycles. The van der Waals surface area contributed by atoms with Crippen LogP contribution in [-0.4, -0.2) is 9.78 Å². The van der Waals surface area contributed by atoms with E-state index in [9.17, 15) is 4.39 Å². The van der Waals surface area contributed by atoms with Gasteiger partial charge in [-0.25, -0.2) is 4.39 Å². The maximum absolute atomic E-state index is 12.9. The van der Waals surface area contributed by atoms with Crippen molar-refractivity contribution in [1.82, 2.24) is 15.1 Å². The van der Waals surface area contributed by atoms with E-state index in [-0.39, 0.29) is 11.9 Å². The monoisotopic (exact) mass is 275 g/mol. The Bertz CT molecular complexity index is 533. The Morgan fingerprint density at radius 2 is 1.90 bits per heavy atom. The predicted molar refractivity (Wildman–Crippen MR) is 78.9 cm³/mol. The zero-order valence-electron chi connectivity index (χ0n) is 12.3. The van der Waals surface area contributed by atoms with Gasteiger partial charge in [-0.1, -0.05) is 19.1 Å². The second-order valence-corrected chi connectivity index (χ2v) is 5.20. The minimum atomic E-state index is -0.201. The molecule has 0 amide bonds. The molecule has 0 saturated carbocycles. The summed E-state index contributed by atoms with van der Waals surface area (Å²) in [5.41, 5.74) is 2.10. The first-order chi connectivity index (χ1) is 9.60. The summed E-state index contributed by atoms with van der Waals surface area (Å²) >= 11 is 0. The molecular formula is C16H22FN3. The van der Waals surface area contributed by atoms with Gasteiger partial charge in [0.1, 0.15) is 5.82 Å². The van der Waals surface area contributed by atoms with Crippen molar-refractivity contribution in [2.75, 3.05) is 0 Å². The molecule has 1 aromatic heterocycles. The van der Waals surface area contributed by atoms with Crippen LogP contribution >= 0.6 is 0 Å². The first-order valence-corrected chi connectivity index (χ1v) is 7.13. The fourth-order valence-electron chi connectivity index (χ4n) is 2.03. The van der Waals surface area contributed by atoms with Crippen LogP contribution in [0.2, 0.25) is 0 Å². The van der Waals surface area contributed by atoms with Gasteiger partial charge in [0.05, 0.1) is 5.69 Å². The molecule has 1 N–H and O–H groups in total. The SMILES string of the molecule is CCC(C)n1ccc(CN[C@@H](C)c2ccc(F)cc2)n1. The highest BCUT2D eigenvalue weighted by Crippen LogP contribution is 2.14. The number of nitrogens with zero attached hydrogens (tertiary/aromatic N) is 2. The van der Waals surface area contributed by atoms with Crippen molar-refractivity contribution in [2.24, 2.45) is 0 Å². The van der Waals surface area contributed by atoms with Crippen molar-refractivity contribution in [3.8, 4) is 0 Å². The van der Waals surface area contributed by atoms with E-state index in [1.165, 1.54) is 12.1 Å². The molecule has 2 aromatic rings. The van der Waals surface area contributed by atoms with Crippen LogP contribution in [0.3, 0.4) is 0 Å². The van der Waals surface area contributed by atoms with Crippen molar-refractivity contribution in [1.29, 1.82) is 0 Å². The molecule has 0 bridgehead atoms. The standard InChI is InChI=1S/C16H22FN3/c1-4-12(2)20-10-9-16(19-20)11-18-13(3)14-5-7-15(17)8-6-14/h5-10,12-13,18H,4,11H2,1-3H3/t12?,13-/m0/s1. The summed E-state index contributed by atoms with van der Waals surface area (Å²) in [5.74, 6) is -0.201. The van der Waals surface area contributed by atoms with E-state index in [4.69, 9.17) is 0 Å². The molecule has 0 aliphatic rings. The molecule has 2 atom stereocenters. The number of nitrogens with one attached hydrogen (secondary N) is 1. The van der Waals surface area contributed by atoms with Gasteiger partial charge >= 0.3 is 0 Å². The predicted octanol–water partition coefficient (Wildman–Crippen LogP) is 3.84. The fraction of sp³-hybridized carbons (Fsp3) is 0.438. The lowest BCUT2D eigenvalue weighted by molar-refractivity contribution is 0.468. The Morgan fingerprint density at radius 3 is 2.55 bits per heavy atom. The molecule has 1 unspecified atom stereocenters. The average molecular weight is 275 g/mol. The molecule has 1 heterocycles. The third-order valence-electron chi connectivity index (χ3n) is 3.67. The van der Waals surface area contributed by atoms with Gasteiger partial charge in [-0.15, -0.1) is 0 Å². The van der Waals surface area contributed by atoms with Crippen LogP contribution < -0.4 is 5.32 Å². The lowest BCUT2D eigenvalue weighted by atomic mass is 10.1. The maximum atomic E-state index is 12.9. The van der Waals surface area contributed by atoms with Crippen LogP contribution in [0, 0.1) is 5.82 Å². The van der Waals surface area contributed by atoms with Crippen molar-refractivity contribution in [3.05, 3.63) is 53.6 Å². The molecule has 1 aromatic carbocycles. The molecule has 4 heteroatoms. The smallest absolute Gasteiger partial charge is 0.123 e. The highest BCUT2D eigenvalue weighted by atomic mass is 19.1. The molecule has 3 nitrogen and oxygen atoms in total. The van der Waals surface area contributed by atoms with Crippen LogP contribution in [-0.2, 0) is 6.54 Å². The van der Waals surface area contributed by atoms with Crippen molar-refractivity contribution < 1.29 is 4.39 Å². The zero-order valence-corrected chi connectivity index (χ0v) is 12.3. The second-order valence-electron chi connectivity index (χ2n) is 5.20. The number of hydrogen-bond donors (Lipinski definition) is 1. The third-order valence-corrected chi connectivity index (χ3v) is 3.67. The van der Waals surface area contributed by atoms with E-state index < -0.39 is 0 Å². The minimum absolute atomic E-state index is 0.171. The van der Waals surface area contributed by atoms with E-state index in [1.54, 1.807) is 0 Å². The average Bonchev–Trinajstić information content (AvgIpc) is 2.93. The van der Waals surface area contributed by atoms with Crippen LogP contribution in [0.1, 0.15) is 50.5 Å². The summed E-state index contributed by atoms with van der Waals surface area (Å²) in [6.07, 6.45) is 3.09. The van der Waals surface area contributed by atoms with E-state index in [2.05, 4.69) is 31.2 Å². The van der Waals surface area contributed by atoms with Gasteiger partial charge < -0.3 is 5.32 Å². The Balaban J connectivity index is 1.91. The van der Waals surface area contributed by atoms with Crippen molar-refractivity contribution in [2.45, 2.75) is 45.8 Å². The first kappa shape index (κ1) is 14.7. The molecule has 0 saturated heterocycles. The van der Waals surface area contributed by atoms with E-state index in [0.717, 1.165) is 17.7 Å². The van der Waals surface area contributed by atoms with Gasteiger partial charge in [0.15, 0.2) is 0 Å². The number of hydrogen-bond acceptors (Lipinski definition) is 2. The van der Waals surface area contributed by atoms with Gasteiger partial charge in [0.2, 0.25) is 0 Å². The molecule has 20 heavy (non-hydrogen) atoms. The van der Waals surface area contributed by atoms with E-state index in [0.29, 0.717) is 12.6 Å². The largest absolute Gasteiger partial charge is 0.304 e. The van der Waals surface area contributed by atoms with Gasteiger partial charge in [-0.05, 0) is 44.0 Å². The number of aromatic nitrogens is 2. The van der Waals surface area contributed by atoms with E-state index >= 15 is 0 Å². The Hall–Kier alpha value is -1.68. The van der Waals surface area contributed by atoms with Crippen molar-refractivity contribution >= 4 is 0 Å². The Labute approximate surface area is 119 Å². The number of halogens is 1. The third kappa shape index (κ3) is 3.67. The second kappa shape index (κ2) is 6.66. The number of rotatable bonds is 6. The Morgan fingerprint density at radius 1 is 1.20 bits per heavy atom. The van der Waals surface area contributed by atoms with Gasteiger partial charge in [-0.2, -0.15) is 5.10 Å². The minimum Gasteiger partial charge on any atom is -0.304 e. The summed E-state index contributed by atoms with van der Waals surface area (Å²) < 4.78 is 14.9. The fourth-order valence-corrected chi connectivity index (χ4v) is 2.03. The molecular weight excluding hydrogens is 253 g/mol. The summed E-state index contributed by atoms with van der Waals surface area (Å²) in [7, 11) is 0. The summed E-state index contributed by atoms with van der Waals surface area (Å²) in [5, 5.41) is 7.96. The molecule has 0 spiro atoms. The summed E-state index contributed by atoms with van der Waals surface area (Å²) in [4.78, 5) is 0. The molecule has 0 radical (unpaired) electrons. The first-order valence-electron chi connectivity index (χ1n) is 7.13. The van der Waals surface area contributed by atoms with Crippen LogP contribution in [0.4, 0.5) is 4.39 Å². The highest BCUT2D eigenvalue weighted by Gasteiger charge is 2.08. The van der Waals surface area contributed by atoms with Crippen LogP contribution in [0.15, 0.2) is 36.5 Å². The molecule has 0 aliphatic carbocycles. The summed E-state index contributed by atoms with van der Waals surface area (Å²) in [6, 6.07) is 9.24. The maximum Gasteiger partial charge on any atom is 0.123 e. The van der Waals surface area contributed by atoms with E-state index in [1.807, 2.05) is 29.1 Å². The quantitative estimate of drug-likeness (QED) is 0.868. The highest BCUT2D eigenvalue weighted by molar-refractivity contribution is 5.19. The molecule has 0 fully saturated rings. The lowest BCUT2D eigenvalue weighted by Gasteiger charge is -2.13. The van der Waals surface area contributed by atoms with Gasteiger partial charge in [0.25, 0.3) is 0 Å². The molecule has 108 valence electrons. The normalized spacial score (nSPS) is 14.2. The zero-order chi connectivity index (χ0) is 14.5.